The Morgan fingerprint density at radius 3 is 1.97 bits per heavy atom. The van der Waals surface area contributed by atoms with Gasteiger partial charge in [0.25, 0.3) is 0 Å². The van der Waals surface area contributed by atoms with Gasteiger partial charge in [-0.05, 0) is 92.7 Å². The summed E-state index contributed by atoms with van der Waals surface area (Å²) in [6.07, 6.45) is 0. The van der Waals surface area contributed by atoms with Gasteiger partial charge in [0.1, 0.15) is 0 Å². The van der Waals surface area contributed by atoms with Crippen LogP contribution in [0.1, 0.15) is 25.0 Å². The molecule has 0 radical (unpaired) electrons. The number of aromatic nitrogens is 3. The van der Waals surface area contributed by atoms with Gasteiger partial charge in [0.2, 0.25) is 5.95 Å². The second-order valence-electron chi connectivity index (χ2n) is 16.6. The third kappa shape index (κ3) is 5.46. The fourth-order valence-electron chi connectivity index (χ4n) is 9.89. The van der Waals surface area contributed by atoms with Crippen LogP contribution in [0.2, 0.25) is 0 Å². The van der Waals surface area contributed by atoms with Gasteiger partial charge in [0.15, 0.2) is 0 Å². The second kappa shape index (κ2) is 13.6. The van der Waals surface area contributed by atoms with Gasteiger partial charge in [0, 0.05) is 32.8 Å². The Balaban J connectivity index is 1.13. The molecule has 0 amide bonds. The van der Waals surface area contributed by atoms with Crippen LogP contribution in [0.3, 0.4) is 0 Å². The zero-order chi connectivity index (χ0) is 40.7. The molecule has 0 saturated heterocycles. The molecule has 0 N–H and O–H groups in total. The van der Waals surface area contributed by atoms with Gasteiger partial charge in [-0.3, -0.25) is 4.57 Å². The highest BCUT2D eigenvalue weighted by Crippen LogP contribution is 2.53. The first kappa shape index (κ1) is 35.2. The number of fused-ring (bicyclic) bond motifs is 8. The third-order valence-corrected chi connectivity index (χ3v) is 12.8. The van der Waals surface area contributed by atoms with Crippen molar-refractivity contribution in [2.24, 2.45) is 0 Å². The Kier molecular flexibility index (Phi) is 7.85. The van der Waals surface area contributed by atoms with Crippen LogP contribution in [0.15, 0.2) is 206 Å². The van der Waals surface area contributed by atoms with Crippen molar-refractivity contribution in [1.29, 1.82) is 0 Å². The van der Waals surface area contributed by atoms with Crippen molar-refractivity contribution >= 4 is 60.5 Å². The van der Waals surface area contributed by atoms with Crippen LogP contribution >= 0.6 is 0 Å². The molecule has 0 fully saturated rings. The predicted molar refractivity (Wildman–Crippen MR) is 255 cm³/mol. The van der Waals surface area contributed by atoms with E-state index in [4.69, 9.17) is 9.97 Å². The number of benzene rings is 9. The minimum atomic E-state index is -0.195. The summed E-state index contributed by atoms with van der Waals surface area (Å²) in [5.74, 6) is 0.644. The maximum atomic E-state index is 5.51. The monoisotopic (exact) mass is 780 g/mol. The van der Waals surface area contributed by atoms with Gasteiger partial charge < -0.3 is 4.90 Å². The highest BCUT2D eigenvalue weighted by Gasteiger charge is 2.37. The van der Waals surface area contributed by atoms with Crippen molar-refractivity contribution in [3.63, 3.8) is 0 Å². The van der Waals surface area contributed by atoms with Crippen LogP contribution in [0.5, 0.6) is 0 Å². The largest absolute Gasteiger partial charge is 0.310 e. The van der Waals surface area contributed by atoms with Gasteiger partial charge in [0.05, 0.1) is 33.6 Å². The Bertz CT molecular complexity index is 3510. The van der Waals surface area contributed by atoms with Crippen LogP contribution < -0.4 is 4.90 Å². The van der Waals surface area contributed by atoms with E-state index < -0.39 is 0 Å². The summed E-state index contributed by atoms with van der Waals surface area (Å²) in [7, 11) is 0. The van der Waals surface area contributed by atoms with Crippen molar-refractivity contribution in [1.82, 2.24) is 14.5 Å². The van der Waals surface area contributed by atoms with Crippen molar-refractivity contribution < 1.29 is 0 Å². The maximum Gasteiger partial charge on any atom is 0.235 e. The molecule has 4 nitrogen and oxygen atoms in total. The summed E-state index contributed by atoms with van der Waals surface area (Å²) in [4.78, 5) is 13.3. The molecule has 9 aromatic carbocycles. The van der Waals surface area contributed by atoms with Crippen LogP contribution in [-0.2, 0) is 5.41 Å². The summed E-state index contributed by atoms with van der Waals surface area (Å²) in [6, 6.07) is 74.3. The van der Waals surface area contributed by atoms with Crippen molar-refractivity contribution in [3.8, 4) is 39.5 Å². The van der Waals surface area contributed by atoms with Gasteiger partial charge in [-0.25, -0.2) is 9.97 Å². The van der Waals surface area contributed by atoms with Crippen molar-refractivity contribution in [2.45, 2.75) is 19.3 Å². The van der Waals surface area contributed by atoms with Gasteiger partial charge in [-0.15, -0.1) is 0 Å². The van der Waals surface area contributed by atoms with Gasteiger partial charge in [-0.2, -0.15) is 0 Å². The highest BCUT2D eigenvalue weighted by atomic mass is 15.2. The Morgan fingerprint density at radius 2 is 1.10 bits per heavy atom. The minimum absolute atomic E-state index is 0.195. The molecule has 0 aliphatic carbocycles. The predicted octanol–water partition coefficient (Wildman–Crippen LogP) is 15.0. The van der Waals surface area contributed by atoms with E-state index in [2.05, 4.69) is 230 Å². The van der Waals surface area contributed by atoms with Crippen LogP contribution in [-0.4, -0.2) is 14.5 Å². The summed E-state index contributed by atoms with van der Waals surface area (Å²) in [5, 5.41) is 5.79. The highest BCUT2D eigenvalue weighted by molar-refractivity contribution is 6.25. The topological polar surface area (TPSA) is 34.0 Å². The smallest absolute Gasteiger partial charge is 0.235 e. The number of nitrogens with zero attached hydrogens (tertiary/aromatic N) is 4. The molecule has 1 aliphatic heterocycles. The molecule has 288 valence electrons. The van der Waals surface area contributed by atoms with Gasteiger partial charge in [-0.1, -0.05) is 172 Å². The van der Waals surface area contributed by atoms with Crippen molar-refractivity contribution in [3.05, 3.63) is 217 Å². The molecule has 0 spiro atoms. The average Bonchev–Trinajstić information content (AvgIpc) is 3.67. The van der Waals surface area contributed by atoms with E-state index in [1.807, 2.05) is 0 Å². The second-order valence-corrected chi connectivity index (χ2v) is 16.6. The SMILES string of the molecule is CC1(C)c2ccccc2N(c2ccccc2)c2cc(-c3cccc4c3c3c5ccccc5ccc3n4-c3nc(-c4cccc(-c5ccccc5)c4)c4ccccc4n3)ccc21. The lowest BCUT2D eigenvalue weighted by Crippen LogP contribution is -2.30. The van der Waals surface area contributed by atoms with E-state index in [0.29, 0.717) is 5.95 Å². The molecule has 0 atom stereocenters. The van der Waals surface area contributed by atoms with E-state index in [-0.39, 0.29) is 5.41 Å². The number of para-hydroxylation sites is 3. The summed E-state index contributed by atoms with van der Waals surface area (Å²) >= 11 is 0. The fourth-order valence-corrected chi connectivity index (χ4v) is 9.89. The molecule has 12 rings (SSSR count). The third-order valence-electron chi connectivity index (χ3n) is 12.8. The molecular weight excluding hydrogens is 741 g/mol. The molecule has 0 saturated carbocycles. The fraction of sp³-hybridized carbons (Fsp3) is 0.0526. The molecule has 2 aromatic heterocycles. The Morgan fingerprint density at radius 1 is 0.426 bits per heavy atom. The van der Waals surface area contributed by atoms with Crippen LogP contribution in [0.4, 0.5) is 17.1 Å². The molecule has 4 heteroatoms. The molecule has 61 heavy (non-hydrogen) atoms. The number of anilines is 3. The van der Waals surface area contributed by atoms with Crippen molar-refractivity contribution in [2.75, 3.05) is 4.90 Å². The zero-order valence-corrected chi connectivity index (χ0v) is 33.9. The zero-order valence-electron chi connectivity index (χ0n) is 33.9. The van der Waals surface area contributed by atoms with Crippen LogP contribution in [0, 0.1) is 0 Å². The van der Waals surface area contributed by atoms with Crippen LogP contribution in [0.25, 0.3) is 82.9 Å². The summed E-state index contributed by atoms with van der Waals surface area (Å²) < 4.78 is 2.28. The normalized spacial score (nSPS) is 13.2. The Hall–Kier alpha value is -7.82. The number of rotatable bonds is 5. The first-order valence-corrected chi connectivity index (χ1v) is 21.0. The first-order valence-electron chi connectivity index (χ1n) is 21.0. The number of hydrogen-bond acceptors (Lipinski definition) is 3. The Labute approximate surface area is 354 Å². The van der Waals surface area contributed by atoms with Gasteiger partial charge >= 0.3 is 0 Å². The molecule has 3 heterocycles. The van der Waals surface area contributed by atoms with E-state index in [0.717, 1.165) is 50.0 Å². The van der Waals surface area contributed by atoms with E-state index in [1.54, 1.807) is 0 Å². The standard InChI is InChI=1S/C57H40N4/c1-57(2)46-27-12-14-29-49(46)60(42-22-7-4-8-23-42)52-36-40(31-33-47(52)57)44-26-16-30-50-54(44)53-43-24-10-9-19-38(43)32-34-51(53)61(50)56-58-48-28-13-11-25-45(48)55(59-56)41-21-15-20-39(35-41)37-17-5-3-6-18-37/h3-36H,1-2H3. The lowest BCUT2D eigenvalue weighted by molar-refractivity contribution is 0.632. The molecule has 0 bridgehead atoms. The first-order chi connectivity index (χ1) is 30.0. The molecule has 0 unspecified atom stereocenters. The quantitative estimate of drug-likeness (QED) is 0.174. The summed E-state index contributed by atoms with van der Waals surface area (Å²) in [6.45, 7) is 4.70. The molecular formula is C57H40N4. The lowest BCUT2D eigenvalue weighted by Gasteiger charge is -2.42. The van der Waals surface area contributed by atoms with E-state index >= 15 is 0 Å². The van der Waals surface area contributed by atoms with E-state index in [9.17, 15) is 0 Å². The lowest BCUT2D eigenvalue weighted by atomic mass is 9.73. The minimum Gasteiger partial charge on any atom is -0.310 e. The molecule has 11 aromatic rings. The maximum absolute atomic E-state index is 5.51. The average molecular weight is 781 g/mol. The number of hydrogen-bond donors (Lipinski definition) is 0. The molecule has 1 aliphatic rings. The van der Waals surface area contributed by atoms with E-state index in [1.165, 1.54) is 55.2 Å². The summed E-state index contributed by atoms with van der Waals surface area (Å²) in [5.41, 5.74) is 15.6.